The summed E-state index contributed by atoms with van der Waals surface area (Å²) in [5, 5.41) is 10.4. The summed E-state index contributed by atoms with van der Waals surface area (Å²) in [5.74, 6) is -2.25. The van der Waals surface area contributed by atoms with Crippen LogP contribution in [-0.2, 0) is 16.6 Å². The number of rotatable bonds is 3. The van der Waals surface area contributed by atoms with E-state index in [1.54, 1.807) is 0 Å². The fraction of sp³-hybridized carbons (Fsp3) is 0.375. The van der Waals surface area contributed by atoms with Crippen LogP contribution in [0.25, 0.3) is 0 Å². The number of nitro groups is 1. The highest BCUT2D eigenvalue weighted by Crippen LogP contribution is 2.40. The highest BCUT2D eigenvalue weighted by atomic mass is 19.4. The second-order valence-electron chi connectivity index (χ2n) is 3.39. The van der Waals surface area contributed by atoms with E-state index in [0.29, 0.717) is 10.8 Å². The van der Waals surface area contributed by atoms with E-state index < -0.39 is 28.5 Å². The molecule has 1 aromatic rings. The molecular weight excluding hydrogens is 243 g/mol. The molecule has 0 aliphatic carbocycles. The van der Waals surface area contributed by atoms with Crippen molar-refractivity contribution in [3.05, 3.63) is 34.8 Å². The minimum absolute atomic E-state index is 0.0207. The van der Waals surface area contributed by atoms with Crippen molar-refractivity contribution in [1.29, 1.82) is 0 Å². The molecule has 0 N–H and O–H groups in total. The van der Waals surface area contributed by atoms with E-state index >= 15 is 0 Å². The first-order valence-electron chi connectivity index (χ1n) is 4.39. The van der Waals surface area contributed by atoms with Gasteiger partial charge in [0, 0.05) is 0 Å². The van der Waals surface area contributed by atoms with Crippen LogP contribution < -0.4 is 0 Å². The Hall–Kier alpha value is -1.90. The smallest absolute Gasteiger partial charge is 0.358 e. The molecule has 0 radical (unpaired) electrons. The van der Waals surface area contributed by atoms with Crippen molar-refractivity contribution in [3.8, 4) is 0 Å². The van der Waals surface area contributed by atoms with Crippen LogP contribution in [0, 0.1) is 10.1 Å². The lowest BCUT2D eigenvalue weighted by Gasteiger charge is -2.10. The number of hydrogen-bond acceptors (Lipinski definition) is 4. The third kappa shape index (κ3) is 1.78. The van der Waals surface area contributed by atoms with Crippen LogP contribution in [0.4, 0.5) is 19.0 Å². The minimum Gasteiger partial charge on any atom is -0.358 e. The highest BCUT2D eigenvalue weighted by Gasteiger charge is 2.53. The predicted octanol–water partition coefficient (Wildman–Crippen LogP) is 1.68. The lowest BCUT2D eigenvalue weighted by atomic mass is 10.3. The van der Waals surface area contributed by atoms with Crippen molar-refractivity contribution < 1.29 is 22.8 Å². The van der Waals surface area contributed by atoms with E-state index in [-0.39, 0.29) is 6.61 Å². The molecule has 1 saturated heterocycles. The molecule has 1 aliphatic heterocycles. The van der Waals surface area contributed by atoms with Gasteiger partial charge < -0.3 is 14.9 Å². The molecule has 0 spiro atoms. The number of alkyl halides is 3. The van der Waals surface area contributed by atoms with Gasteiger partial charge in [0.2, 0.25) is 0 Å². The predicted molar refractivity (Wildman–Crippen MR) is 48.0 cm³/mol. The second kappa shape index (κ2) is 3.29. The number of halogens is 3. The van der Waals surface area contributed by atoms with Gasteiger partial charge in [-0.25, -0.2) is 0 Å². The Morgan fingerprint density at radius 2 is 2.29 bits per heavy atom. The summed E-state index contributed by atoms with van der Waals surface area (Å²) >= 11 is 0. The zero-order chi connectivity index (χ0) is 12.8. The number of nitrogens with zero attached hydrogens (tertiary/aromatic N) is 3. The molecule has 0 bridgehead atoms. The molecule has 17 heavy (non-hydrogen) atoms. The van der Waals surface area contributed by atoms with Gasteiger partial charge in [0.05, 0.1) is 0 Å². The summed E-state index contributed by atoms with van der Waals surface area (Å²) in [4.78, 5) is 12.4. The van der Waals surface area contributed by atoms with E-state index in [1.807, 2.05) is 0 Å². The molecule has 9 heteroatoms. The standard InChI is InChI=1S/C8H6F3N3O3/c1-2-7(4-17-7)13-3-5(14(15)16)12-6(13)8(9,10)11/h2-3H,1,4H2. The normalized spacial score (nSPS) is 23.5. The number of hydrogen-bond donors (Lipinski definition) is 0. The van der Waals surface area contributed by atoms with E-state index in [0.717, 1.165) is 6.08 Å². The van der Waals surface area contributed by atoms with Crippen molar-refractivity contribution in [3.63, 3.8) is 0 Å². The SMILES string of the molecule is C=CC1(n2cc([N+](=O)[O-])nc2C(F)(F)F)CO1. The average Bonchev–Trinajstić information content (AvgIpc) is 2.87. The third-order valence-electron chi connectivity index (χ3n) is 2.30. The van der Waals surface area contributed by atoms with E-state index in [2.05, 4.69) is 11.6 Å². The van der Waals surface area contributed by atoms with Crippen molar-refractivity contribution in [2.75, 3.05) is 6.61 Å². The summed E-state index contributed by atoms with van der Waals surface area (Å²) in [5.41, 5.74) is -1.37. The first kappa shape index (κ1) is 11.6. The van der Waals surface area contributed by atoms with E-state index in [9.17, 15) is 23.3 Å². The van der Waals surface area contributed by atoms with Crippen molar-refractivity contribution >= 4 is 5.82 Å². The molecule has 1 aromatic heterocycles. The Bertz CT molecular complexity index is 490. The van der Waals surface area contributed by atoms with Crippen molar-refractivity contribution in [1.82, 2.24) is 9.55 Å². The van der Waals surface area contributed by atoms with Crippen LogP contribution in [0.5, 0.6) is 0 Å². The molecule has 0 saturated carbocycles. The van der Waals surface area contributed by atoms with Gasteiger partial charge in [-0.2, -0.15) is 13.2 Å². The maximum Gasteiger partial charge on any atom is 0.475 e. The summed E-state index contributed by atoms with van der Waals surface area (Å²) in [7, 11) is 0. The molecule has 6 nitrogen and oxygen atoms in total. The maximum absolute atomic E-state index is 12.6. The van der Waals surface area contributed by atoms with Crippen LogP contribution in [0.2, 0.25) is 0 Å². The molecule has 0 aromatic carbocycles. The Labute approximate surface area is 92.5 Å². The number of ether oxygens (including phenoxy) is 1. The first-order valence-corrected chi connectivity index (χ1v) is 4.39. The van der Waals surface area contributed by atoms with Crippen LogP contribution >= 0.6 is 0 Å². The molecule has 0 amide bonds. The topological polar surface area (TPSA) is 73.5 Å². The van der Waals surface area contributed by atoms with Gasteiger partial charge in [-0.05, 0) is 16.0 Å². The third-order valence-corrected chi connectivity index (χ3v) is 2.30. The van der Waals surface area contributed by atoms with Crippen LogP contribution in [-0.4, -0.2) is 21.1 Å². The van der Waals surface area contributed by atoms with Gasteiger partial charge in [0.25, 0.3) is 0 Å². The fourth-order valence-corrected chi connectivity index (χ4v) is 1.37. The average molecular weight is 249 g/mol. The summed E-state index contributed by atoms with van der Waals surface area (Å²) in [6, 6.07) is 0. The minimum atomic E-state index is -4.80. The Morgan fingerprint density at radius 1 is 1.71 bits per heavy atom. The molecular formula is C8H6F3N3O3. The molecule has 1 unspecified atom stereocenters. The Morgan fingerprint density at radius 3 is 2.65 bits per heavy atom. The summed E-state index contributed by atoms with van der Waals surface area (Å²) < 4.78 is 43.3. The lowest BCUT2D eigenvalue weighted by molar-refractivity contribution is -0.389. The molecule has 2 heterocycles. The van der Waals surface area contributed by atoms with E-state index in [1.165, 1.54) is 0 Å². The lowest BCUT2D eigenvalue weighted by Crippen LogP contribution is -2.23. The van der Waals surface area contributed by atoms with Gasteiger partial charge in [-0.1, -0.05) is 6.58 Å². The zero-order valence-electron chi connectivity index (χ0n) is 8.27. The largest absolute Gasteiger partial charge is 0.475 e. The second-order valence-corrected chi connectivity index (χ2v) is 3.39. The van der Waals surface area contributed by atoms with Gasteiger partial charge in [-0.15, -0.1) is 0 Å². The highest BCUT2D eigenvalue weighted by molar-refractivity contribution is 5.23. The number of epoxide rings is 1. The number of aromatic nitrogens is 2. The molecule has 1 atom stereocenters. The van der Waals surface area contributed by atoms with Crippen molar-refractivity contribution in [2.45, 2.75) is 11.9 Å². The summed E-state index contributed by atoms with van der Waals surface area (Å²) in [6.45, 7) is 3.32. The van der Waals surface area contributed by atoms with Crippen LogP contribution in [0.3, 0.4) is 0 Å². The summed E-state index contributed by atoms with van der Waals surface area (Å²) in [6.07, 6.45) is -2.96. The Kier molecular flexibility index (Phi) is 2.24. The van der Waals surface area contributed by atoms with Gasteiger partial charge in [0.15, 0.2) is 5.72 Å². The van der Waals surface area contributed by atoms with Gasteiger partial charge >= 0.3 is 17.8 Å². The zero-order valence-corrected chi connectivity index (χ0v) is 8.27. The van der Waals surface area contributed by atoms with Crippen LogP contribution in [0.15, 0.2) is 18.9 Å². The van der Waals surface area contributed by atoms with Crippen LogP contribution in [0.1, 0.15) is 5.82 Å². The first-order chi connectivity index (χ1) is 7.80. The van der Waals surface area contributed by atoms with Crippen molar-refractivity contribution in [2.24, 2.45) is 0 Å². The van der Waals surface area contributed by atoms with E-state index in [4.69, 9.17) is 4.74 Å². The maximum atomic E-state index is 12.6. The molecule has 2 rings (SSSR count). The molecule has 1 fully saturated rings. The van der Waals surface area contributed by atoms with Gasteiger partial charge in [0.1, 0.15) is 12.8 Å². The van der Waals surface area contributed by atoms with Gasteiger partial charge in [-0.3, -0.25) is 4.57 Å². The molecule has 1 aliphatic rings. The monoisotopic (exact) mass is 249 g/mol. The molecule has 92 valence electrons. The Balaban J connectivity index is 2.57. The quantitative estimate of drug-likeness (QED) is 0.353. The fourth-order valence-electron chi connectivity index (χ4n) is 1.37. The number of imidazole rings is 1.